The number of fused-ring (bicyclic) bond motifs is 2. The first-order valence-corrected chi connectivity index (χ1v) is 10.1. The molecule has 0 saturated carbocycles. The molecule has 4 nitrogen and oxygen atoms in total. The van der Waals surface area contributed by atoms with Gasteiger partial charge in [-0.15, -0.1) is 0 Å². The highest BCUT2D eigenvalue weighted by Gasteiger charge is 2.35. The Kier molecular flexibility index (Phi) is 4.49. The summed E-state index contributed by atoms with van der Waals surface area (Å²) in [4.78, 5) is 22.3. The molecule has 0 unspecified atom stereocenters. The van der Waals surface area contributed by atoms with Gasteiger partial charge in [0.15, 0.2) is 0 Å². The van der Waals surface area contributed by atoms with Crippen LogP contribution in [0.4, 0.5) is 11.4 Å². The lowest BCUT2D eigenvalue weighted by atomic mass is 10.0. The van der Waals surface area contributed by atoms with Crippen LogP contribution in [0.15, 0.2) is 77.8 Å². The zero-order valence-electron chi connectivity index (χ0n) is 16.5. The molecule has 0 spiro atoms. The van der Waals surface area contributed by atoms with Crippen molar-refractivity contribution in [3.8, 4) is 0 Å². The molecule has 2 aliphatic heterocycles. The van der Waals surface area contributed by atoms with Gasteiger partial charge in [0.05, 0.1) is 18.0 Å². The standard InChI is InChI=1S/C25H23N3O/c1-18-8-2-6-12-22(18)26-24-21-11-5-7-13-23(21)28(25(24)29)17-27-15-14-19-9-3-4-10-20(19)16-27/h2-13H,14-17H2,1H3. The number of amides is 1. The molecule has 3 aromatic rings. The quantitative estimate of drug-likeness (QED) is 0.671. The van der Waals surface area contributed by atoms with E-state index in [9.17, 15) is 4.79 Å². The third-order valence-electron chi connectivity index (χ3n) is 5.80. The van der Waals surface area contributed by atoms with E-state index < -0.39 is 0 Å². The molecule has 0 bridgehead atoms. The Balaban J connectivity index is 1.46. The molecule has 2 heterocycles. The van der Waals surface area contributed by atoms with Crippen LogP contribution in [-0.2, 0) is 17.8 Å². The van der Waals surface area contributed by atoms with Crippen LogP contribution >= 0.6 is 0 Å². The molecule has 2 aliphatic rings. The summed E-state index contributed by atoms with van der Waals surface area (Å²) in [5.74, 6) is -0.0201. The predicted octanol–water partition coefficient (Wildman–Crippen LogP) is 4.48. The van der Waals surface area contributed by atoms with Crippen LogP contribution in [0.5, 0.6) is 0 Å². The smallest absolute Gasteiger partial charge is 0.278 e. The average molecular weight is 381 g/mol. The maximum absolute atomic E-state index is 13.4. The van der Waals surface area contributed by atoms with Crippen LogP contribution in [0.25, 0.3) is 0 Å². The number of aliphatic imine (C=N–C) groups is 1. The molecule has 4 heteroatoms. The Morgan fingerprint density at radius 1 is 0.897 bits per heavy atom. The Morgan fingerprint density at radius 3 is 2.48 bits per heavy atom. The summed E-state index contributed by atoms with van der Waals surface area (Å²) in [6.45, 7) is 4.42. The number of benzene rings is 3. The summed E-state index contributed by atoms with van der Waals surface area (Å²) < 4.78 is 0. The van der Waals surface area contributed by atoms with Crippen LogP contribution in [-0.4, -0.2) is 29.7 Å². The van der Waals surface area contributed by atoms with Crippen molar-refractivity contribution in [2.45, 2.75) is 19.9 Å². The molecule has 0 radical (unpaired) electrons. The highest BCUT2D eigenvalue weighted by molar-refractivity contribution is 6.54. The van der Waals surface area contributed by atoms with E-state index in [-0.39, 0.29) is 5.91 Å². The van der Waals surface area contributed by atoms with E-state index >= 15 is 0 Å². The maximum Gasteiger partial charge on any atom is 0.278 e. The number of anilines is 1. The molecule has 1 amide bonds. The molecule has 0 aliphatic carbocycles. The maximum atomic E-state index is 13.4. The fraction of sp³-hybridized carbons (Fsp3) is 0.200. The largest absolute Gasteiger partial charge is 0.293 e. The van der Waals surface area contributed by atoms with E-state index in [4.69, 9.17) is 4.99 Å². The lowest BCUT2D eigenvalue weighted by molar-refractivity contribution is -0.112. The van der Waals surface area contributed by atoms with Gasteiger partial charge in [0.1, 0.15) is 5.71 Å². The van der Waals surface area contributed by atoms with Gasteiger partial charge in [-0.05, 0) is 42.2 Å². The summed E-state index contributed by atoms with van der Waals surface area (Å²) in [7, 11) is 0. The van der Waals surface area contributed by atoms with Crippen molar-refractivity contribution in [1.82, 2.24) is 4.90 Å². The zero-order chi connectivity index (χ0) is 19.8. The van der Waals surface area contributed by atoms with Crippen molar-refractivity contribution in [1.29, 1.82) is 0 Å². The Labute approximate surface area is 171 Å². The Morgan fingerprint density at radius 2 is 1.62 bits per heavy atom. The second kappa shape index (κ2) is 7.30. The predicted molar refractivity (Wildman–Crippen MR) is 117 cm³/mol. The first-order chi connectivity index (χ1) is 14.2. The molecule has 144 valence electrons. The number of nitrogens with zero attached hydrogens (tertiary/aromatic N) is 3. The van der Waals surface area contributed by atoms with E-state index in [0.29, 0.717) is 12.4 Å². The minimum atomic E-state index is -0.0201. The SMILES string of the molecule is Cc1ccccc1N=C1C(=O)N(CN2CCc3ccccc3C2)c2ccccc21. The molecule has 0 fully saturated rings. The van der Waals surface area contributed by atoms with Gasteiger partial charge in [0, 0.05) is 18.7 Å². The monoisotopic (exact) mass is 381 g/mol. The number of carbonyl (C=O) groups excluding carboxylic acids is 1. The number of hydrogen-bond donors (Lipinski definition) is 0. The summed E-state index contributed by atoms with van der Waals surface area (Å²) >= 11 is 0. The first-order valence-electron chi connectivity index (χ1n) is 10.1. The normalized spacial score (nSPS) is 17.5. The number of para-hydroxylation sites is 2. The third kappa shape index (κ3) is 3.26. The fourth-order valence-electron chi connectivity index (χ4n) is 4.19. The van der Waals surface area contributed by atoms with Crippen molar-refractivity contribution < 1.29 is 4.79 Å². The van der Waals surface area contributed by atoms with E-state index in [1.165, 1.54) is 11.1 Å². The second-order valence-electron chi connectivity index (χ2n) is 7.71. The molecule has 29 heavy (non-hydrogen) atoms. The minimum Gasteiger partial charge on any atom is -0.293 e. The molecule has 0 aromatic heterocycles. The Hall–Kier alpha value is -3.24. The van der Waals surface area contributed by atoms with Crippen molar-refractivity contribution in [3.63, 3.8) is 0 Å². The fourth-order valence-corrected chi connectivity index (χ4v) is 4.19. The van der Waals surface area contributed by atoms with Gasteiger partial charge < -0.3 is 0 Å². The van der Waals surface area contributed by atoms with E-state index in [1.54, 1.807) is 0 Å². The van der Waals surface area contributed by atoms with Crippen LogP contribution in [0.2, 0.25) is 0 Å². The van der Waals surface area contributed by atoms with Crippen LogP contribution in [0, 0.1) is 6.92 Å². The molecular weight excluding hydrogens is 358 g/mol. The number of rotatable bonds is 3. The van der Waals surface area contributed by atoms with Crippen molar-refractivity contribution in [2.75, 3.05) is 18.1 Å². The summed E-state index contributed by atoms with van der Waals surface area (Å²) in [6, 6.07) is 24.5. The van der Waals surface area contributed by atoms with Crippen molar-refractivity contribution in [2.24, 2.45) is 4.99 Å². The highest BCUT2D eigenvalue weighted by atomic mass is 16.2. The van der Waals surface area contributed by atoms with Gasteiger partial charge in [-0.1, -0.05) is 60.7 Å². The zero-order valence-corrected chi connectivity index (χ0v) is 16.5. The summed E-state index contributed by atoms with van der Waals surface area (Å²) in [6.07, 6.45) is 1.02. The minimum absolute atomic E-state index is 0.0201. The summed E-state index contributed by atoms with van der Waals surface area (Å²) in [5.41, 5.74) is 7.08. The summed E-state index contributed by atoms with van der Waals surface area (Å²) in [5, 5.41) is 0. The number of hydrogen-bond acceptors (Lipinski definition) is 3. The molecule has 0 N–H and O–H groups in total. The molecular formula is C25H23N3O. The van der Waals surface area contributed by atoms with Gasteiger partial charge in [0.25, 0.3) is 5.91 Å². The van der Waals surface area contributed by atoms with Crippen LogP contribution in [0.1, 0.15) is 22.3 Å². The number of carbonyl (C=O) groups is 1. The van der Waals surface area contributed by atoms with Gasteiger partial charge in [0.2, 0.25) is 0 Å². The highest BCUT2D eigenvalue weighted by Crippen LogP contribution is 2.32. The lowest BCUT2D eigenvalue weighted by Crippen LogP contribution is -2.43. The topological polar surface area (TPSA) is 35.9 Å². The van der Waals surface area contributed by atoms with Crippen molar-refractivity contribution in [3.05, 3.63) is 95.1 Å². The molecule has 0 saturated heterocycles. The van der Waals surface area contributed by atoms with Gasteiger partial charge in [-0.2, -0.15) is 0 Å². The molecule has 5 rings (SSSR count). The Bertz CT molecular complexity index is 1120. The van der Waals surface area contributed by atoms with Crippen LogP contribution in [0.3, 0.4) is 0 Å². The average Bonchev–Trinajstić information content (AvgIpc) is 3.01. The lowest BCUT2D eigenvalue weighted by Gasteiger charge is -2.32. The van der Waals surface area contributed by atoms with Gasteiger partial charge >= 0.3 is 0 Å². The number of aryl methyl sites for hydroxylation is 1. The molecule has 3 aromatic carbocycles. The molecule has 0 atom stereocenters. The van der Waals surface area contributed by atoms with E-state index in [0.717, 1.165) is 42.0 Å². The van der Waals surface area contributed by atoms with E-state index in [1.807, 2.05) is 60.4 Å². The first kappa shape index (κ1) is 17.8. The van der Waals surface area contributed by atoms with Crippen LogP contribution < -0.4 is 4.90 Å². The van der Waals surface area contributed by atoms with Crippen molar-refractivity contribution >= 4 is 23.0 Å². The van der Waals surface area contributed by atoms with Gasteiger partial charge in [-0.3, -0.25) is 14.6 Å². The van der Waals surface area contributed by atoms with E-state index in [2.05, 4.69) is 29.2 Å². The third-order valence-corrected chi connectivity index (χ3v) is 5.80. The van der Waals surface area contributed by atoms with Gasteiger partial charge in [-0.25, -0.2) is 4.99 Å². The second-order valence-corrected chi connectivity index (χ2v) is 7.71.